The van der Waals surface area contributed by atoms with Crippen molar-refractivity contribution in [3.05, 3.63) is 72.2 Å². The van der Waals surface area contributed by atoms with Crippen molar-refractivity contribution in [1.82, 2.24) is 9.97 Å². The number of benzene rings is 2. The molecule has 3 rings (SSSR count). The van der Waals surface area contributed by atoms with Gasteiger partial charge in [0, 0.05) is 11.4 Å². The Kier molecular flexibility index (Phi) is 4.33. The number of hydrogen-bond acceptors (Lipinski definition) is 5. The number of halogens is 1. The summed E-state index contributed by atoms with van der Waals surface area (Å²) in [6, 6.07) is 15.2. The van der Waals surface area contributed by atoms with E-state index in [0.717, 1.165) is 6.20 Å². The lowest BCUT2D eigenvalue weighted by atomic mass is 10.2. The lowest BCUT2D eigenvalue weighted by molar-refractivity contribution is 0.0697. The summed E-state index contributed by atoms with van der Waals surface area (Å²) in [5, 5.41) is 14.7. The first-order chi connectivity index (χ1) is 11.6. The van der Waals surface area contributed by atoms with Gasteiger partial charge in [0.1, 0.15) is 0 Å². The summed E-state index contributed by atoms with van der Waals surface area (Å²) in [7, 11) is 0. The second kappa shape index (κ2) is 6.74. The van der Waals surface area contributed by atoms with E-state index in [1.165, 1.54) is 12.1 Å². The Bertz CT molecular complexity index is 854. The number of rotatable bonds is 5. The Balaban J connectivity index is 1.79. The van der Waals surface area contributed by atoms with Gasteiger partial charge in [-0.2, -0.15) is 4.98 Å². The molecule has 120 valence electrons. The molecule has 24 heavy (non-hydrogen) atoms. The number of anilines is 4. The van der Waals surface area contributed by atoms with Gasteiger partial charge in [-0.15, -0.1) is 0 Å². The van der Waals surface area contributed by atoms with Crippen molar-refractivity contribution in [2.45, 2.75) is 0 Å². The minimum Gasteiger partial charge on any atom is -0.478 e. The van der Waals surface area contributed by atoms with Crippen molar-refractivity contribution < 1.29 is 14.3 Å². The minimum atomic E-state index is -1.01. The Morgan fingerprint density at radius 1 is 0.958 bits per heavy atom. The van der Waals surface area contributed by atoms with Gasteiger partial charge in [0.25, 0.3) is 0 Å². The van der Waals surface area contributed by atoms with Crippen LogP contribution in [0.4, 0.5) is 27.5 Å². The predicted molar refractivity (Wildman–Crippen MR) is 88.4 cm³/mol. The van der Waals surface area contributed by atoms with Crippen LogP contribution in [0.1, 0.15) is 10.4 Å². The highest BCUT2D eigenvalue weighted by molar-refractivity contribution is 5.88. The summed E-state index contributed by atoms with van der Waals surface area (Å²) < 4.78 is 13.9. The van der Waals surface area contributed by atoms with E-state index >= 15 is 0 Å². The number of para-hydroxylation sites is 1. The molecular weight excluding hydrogens is 311 g/mol. The van der Waals surface area contributed by atoms with Crippen LogP contribution in [-0.2, 0) is 0 Å². The molecule has 3 N–H and O–H groups in total. The summed E-state index contributed by atoms with van der Waals surface area (Å²) in [6.45, 7) is 0. The summed E-state index contributed by atoms with van der Waals surface area (Å²) >= 11 is 0. The predicted octanol–water partition coefficient (Wildman–Crippen LogP) is 3.80. The molecule has 0 saturated heterocycles. The first kappa shape index (κ1) is 15.4. The monoisotopic (exact) mass is 324 g/mol. The topological polar surface area (TPSA) is 87.1 Å². The minimum absolute atomic E-state index is 0.0425. The molecule has 0 saturated carbocycles. The van der Waals surface area contributed by atoms with Crippen molar-refractivity contribution in [2.75, 3.05) is 10.6 Å². The van der Waals surface area contributed by atoms with Gasteiger partial charge < -0.3 is 15.7 Å². The highest BCUT2D eigenvalue weighted by Gasteiger charge is 2.08. The van der Waals surface area contributed by atoms with Gasteiger partial charge in [0.2, 0.25) is 5.95 Å². The fourth-order valence-electron chi connectivity index (χ4n) is 2.00. The maximum absolute atomic E-state index is 13.9. The van der Waals surface area contributed by atoms with E-state index in [9.17, 15) is 9.18 Å². The third-order valence-electron chi connectivity index (χ3n) is 3.17. The number of nitrogens with zero attached hydrogens (tertiary/aromatic N) is 2. The quantitative estimate of drug-likeness (QED) is 0.662. The normalized spacial score (nSPS) is 10.2. The van der Waals surface area contributed by atoms with Gasteiger partial charge in [-0.3, -0.25) is 0 Å². The number of carboxylic acids is 1. The second-order valence-corrected chi connectivity index (χ2v) is 4.89. The first-order valence-electron chi connectivity index (χ1n) is 7.07. The molecule has 1 heterocycles. The molecule has 0 bridgehead atoms. The molecule has 0 amide bonds. The second-order valence-electron chi connectivity index (χ2n) is 4.89. The van der Waals surface area contributed by atoms with E-state index in [2.05, 4.69) is 20.6 Å². The van der Waals surface area contributed by atoms with Crippen molar-refractivity contribution in [3.8, 4) is 0 Å². The lowest BCUT2D eigenvalue weighted by Gasteiger charge is -2.09. The molecule has 0 aliphatic heterocycles. The molecule has 1 aromatic heterocycles. The third kappa shape index (κ3) is 3.64. The summed E-state index contributed by atoms with van der Waals surface area (Å²) in [4.78, 5) is 18.8. The van der Waals surface area contributed by atoms with Crippen molar-refractivity contribution >= 4 is 29.1 Å². The zero-order valence-electron chi connectivity index (χ0n) is 12.4. The first-order valence-corrected chi connectivity index (χ1v) is 7.07. The van der Waals surface area contributed by atoms with Gasteiger partial charge in [0.05, 0.1) is 11.8 Å². The molecule has 0 radical (unpaired) electrons. The van der Waals surface area contributed by atoms with Gasteiger partial charge >= 0.3 is 5.97 Å². The van der Waals surface area contributed by atoms with Crippen molar-refractivity contribution in [3.63, 3.8) is 0 Å². The Morgan fingerprint density at radius 3 is 2.29 bits per heavy atom. The summed E-state index contributed by atoms with van der Waals surface area (Å²) in [5.74, 6) is -1.35. The molecule has 0 aliphatic carbocycles. The molecule has 7 heteroatoms. The number of aromatic carboxylic acids is 1. The molecule has 6 nitrogen and oxygen atoms in total. The van der Waals surface area contributed by atoms with E-state index in [1.807, 2.05) is 18.2 Å². The average molecular weight is 324 g/mol. The van der Waals surface area contributed by atoms with Gasteiger partial charge in [-0.25, -0.2) is 14.2 Å². The number of hydrogen-bond donors (Lipinski definition) is 3. The van der Waals surface area contributed by atoms with Crippen molar-refractivity contribution in [2.24, 2.45) is 0 Å². The van der Waals surface area contributed by atoms with Gasteiger partial charge in [-0.05, 0) is 36.4 Å². The fraction of sp³-hybridized carbons (Fsp3) is 0. The van der Waals surface area contributed by atoms with Crippen LogP contribution >= 0.6 is 0 Å². The maximum Gasteiger partial charge on any atom is 0.335 e. The zero-order chi connectivity index (χ0) is 16.9. The van der Waals surface area contributed by atoms with Gasteiger partial charge in [0.15, 0.2) is 11.6 Å². The fourth-order valence-corrected chi connectivity index (χ4v) is 2.00. The summed E-state index contributed by atoms with van der Waals surface area (Å²) in [6.07, 6.45) is 1.06. The number of carbonyl (C=O) groups is 1. The molecule has 0 unspecified atom stereocenters. The van der Waals surface area contributed by atoms with Crippen LogP contribution in [0.25, 0.3) is 0 Å². The van der Waals surface area contributed by atoms with Crippen LogP contribution in [0, 0.1) is 5.82 Å². The zero-order valence-corrected chi connectivity index (χ0v) is 12.4. The molecule has 0 atom stereocenters. The average Bonchev–Trinajstić information content (AvgIpc) is 2.59. The van der Waals surface area contributed by atoms with Crippen molar-refractivity contribution in [1.29, 1.82) is 0 Å². The van der Waals surface area contributed by atoms with E-state index < -0.39 is 11.8 Å². The Labute approximate surface area is 137 Å². The van der Waals surface area contributed by atoms with E-state index in [0.29, 0.717) is 11.4 Å². The smallest absolute Gasteiger partial charge is 0.335 e. The van der Waals surface area contributed by atoms with Crippen LogP contribution in [0.3, 0.4) is 0 Å². The number of aromatic nitrogens is 2. The third-order valence-corrected chi connectivity index (χ3v) is 3.17. The standard InChI is InChI=1S/C17H13FN4O2/c18-14-10-19-17(21-13-8-6-11(7-9-13)16(23)24)22-15(14)20-12-4-2-1-3-5-12/h1-10H,(H,23,24)(H2,19,20,21,22). The Hall–Kier alpha value is -3.48. The Morgan fingerprint density at radius 2 is 1.62 bits per heavy atom. The van der Waals surface area contributed by atoms with E-state index in [-0.39, 0.29) is 17.3 Å². The van der Waals surface area contributed by atoms with Crippen LogP contribution < -0.4 is 10.6 Å². The molecule has 0 aliphatic rings. The van der Waals surface area contributed by atoms with Gasteiger partial charge in [-0.1, -0.05) is 18.2 Å². The maximum atomic E-state index is 13.9. The van der Waals surface area contributed by atoms with Crippen LogP contribution in [0.2, 0.25) is 0 Å². The largest absolute Gasteiger partial charge is 0.478 e. The highest BCUT2D eigenvalue weighted by atomic mass is 19.1. The van der Waals surface area contributed by atoms with Crippen LogP contribution in [0.5, 0.6) is 0 Å². The summed E-state index contributed by atoms with van der Waals surface area (Å²) in [5.41, 5.74) is 1.47. The van der Waals surface area contributed by atoms with Crippen LogP contribution in [-0.4, -0.2) is 21.0 Å². The molecular formula is C17H13FN4O2. The number of nitrogens with one attached hydrogen (secondary N) is 2. The lowest BCUT2D eigenvalue weighted by Crippen LogP contribution is -2.03. The molecule has 0 spiro atoms. The molecule has 3 aromatic rings. The number of carboxylic acid groups (broad SMARTS) is 1. The highest BCUT2D eigenvalue weighted by Crippen LogP contribution is 2.20. The molecule has 0 fully saturated rings. The molecule has 2 aromatic carbocycles. The van der Waals surface area contributed by atoms with E-state index in [4.69, 9.17) is 5.11 Å². The van der Waals surface area contributed by atoms with Crippen LogP contribution in [0.15, 0.2) is 60.8 Å². The SMILES string of the molecule is O=C(O)c1ccc(Nc2ncc(F)c(Nc3ccccc3)n2)cc1. The van der Waals surface area contributed by atoms with E-state index in [1.54, 1.807) is 24.3 Å².